The number of nitrogens with one attached hydrogen (secondary N) is 11. The van der Waals surface area contributed by atoms with E-state index < -0.39 is 120 Å². The van der Waals surface area contributed by atoms with Gasteiger partial charge in [0.05, 0.1) is 41.8 Å². The molecule has 2 aromatic heterocycles. The van der Waals surface area contributed by atoms with E-state index in [2.05, 4.69) is 67.8 Å². The third-order valence-corrected chi connectivity index (χ3v) is 16.5. The summed E-state index contributed by atoms with van der Waals surface area (Å²) >= 11 is 0. The number of aromatic amines is 1. The van der Waals surface area contributed by atoms with E-state index in [0.717, 1.165) is 10.8 Å². The van der Waals surface area contributed by atoms with Gasteiger partial charge in [-0.15, -0.1) is 0 Å². The molecular formula is C50H64N18O15S2. The number of benzene rings is 1. The average molecular weight is 1220 g/mol. The van der Waals surface area contributed by atoms with Crippen LogP contribution in [0.2, 0.25) is 0 Å². The van der Waals surface area contributed by atoms with Crippen LogP contribution in [0.1, 0.15) is 55.6 Å². The number of anilines is 2. The Morgan fingerprint density at radius 2 is 1.62 bits per heavy atom. The number of fused-ring (bicyclic) bond motifs is 5. The van der Waals surface area contributed by atoms with Crippen molar-refractivity contribution in [1.29, 1.82) is 5.41 Å². The number of guanidine groups is 1. The van der Waals surface area contributed by atoms with Gasteiger partial charge >= 0.3 is 18.0 Å². The number of aromatic nitrogens is 4. The normalized spacial score (nSPS) is 19.7. The second-order valence-electron chi connectivity index (χ2n) is 19.8. The molecule has 7 rings (SSSR count). The predicted molar refractivity (Wildman–Crippen MR) is 304 cm³/mol. The fourth-order valence-corrected chi connectivity index (χ4v) is 11.9. The van der Waals surface area contributed by atoms with Gasteiger partial charge in [0.15, 0.2) is 22.8 Å². The van der Waals surface area contributed by atoms with E-state index in [-0.39, 0.29) is 114 Å². The zero-order chi connectivity index (χ0) is 61.9. The molecule has 2 saturated heterocycles. The lowest BCUT2D eigenvalue weighted by Crippen LogP contribution is -2.57. The number of carboxylic acid groups (broad SMARTS) is 2. The van der Waals surface area contributed by atoms with Gasteiger partial charge in [0, 0.05) is 73.1 Å². The summed E-state index contributed by atoms with van der Waals surface area (Å²) in [4.78, 5) is 160. The number of hydrogen-bond acceptors (Lipinski definition) is 24. The number of primary amides is 1. The molecular weight excluding hydrogens is 1160 g/mol. The summed E-state index contributed by atoms with van der Waals surface area (Å²) in [6, 6.07) is 0.000403. The number of carboxylic acids is 2. The molecule has 8 atom stereocenters. The molecule has 0 saturated carbocycles. The first kappa shape index (κ1) is 63.5. The highest BCUT2D eigenvalue weighted by Crippen LogP contribution is 2.55. The van der Waals surface area contributed by atoms with Gasteiger partial charge in [0.1, 0.15) is 37.3 Å². The van der Waals surface area contributed by atoms with Gasteiger partial charge in [-0.05, 0) is 57.4 Å². The molecule has 2 fully saturated rings. The number of H-pyrrole nitrogens is 1. The van der Waals surface area contributed by atoms with Gasteiger partial charge < -0.3 is 89.6 Å². The number of ether oxygens (including phenoxy) is 2. The number of ketones is 2. The van der Waals surface area contributed by atoms with Crippen molar-refractivity contribution >= 4 is 109 Å². The third kappa shape index (κ3) is 15.4. The van der Waals surface area contributed by atoms with E-state index in [1.54, 1.807) is 17.0 Å². The number of nitrogen functional groups attached to an aromatic ring is 1. The molecule has 33 nitrogen and oxygen atoms in total. The fourth-order valence-electron chi connectivity index (χ4n) is 9.87. The van der Waals surface area contributed by atoms with Crippen LogP contribution in [-0.2, 0) is 54.4 Å². The molecule has 1 aromatic carbocycles. The van der Waals surface area contributed by atoms with E-state index >= 15 is 0 Å². The first-order valence-corrected chi connectivity index (χ1v) is 28.8. The van der Waals surface area contributed by atoms with Crippen molar-refractivity contribution < 1.29 is 67.6 Å². The topological polar surface area (TPSA) is 524 Å². The van der Waals surface area contributed by atoms with Crippen molar-refractivity contribution in [3.63, 3.8) is 0 Å². The number of carbonyl (C=O) groups is 10. The summed E-state index contributed by atoms with van der Waals surface area (Å²) in [7, 11) is 3.74. The minimum Gasteiger partial charge on any atom is -0.480 e. The van der Waals surface area contributed by atoms with Crippen LogP contribution in [0.5, 0.6) is 0 Å². The van der Waals surface area contributed by atoms with Gasteiger partial charge in [0.25, 0.3) is 11.5 Å². The smallest absolute Gasteiger partial charge is 0.404 e. The van der Waals surface area contributed by atoms with Crippen molar-refractivity contribution in [3.05, 3.63) is 74.6 Å². The molecule has 0 radical (unpaired) electrons. The Labute approximate surface area is 490 Å². The Bertz CT molecular complexity index is 3290. The predicted octanol–water partition coefficient (Wildman–Crippen LogP) is -3.82. The quantitative estimate of drug-likeness (QED) is 0.00733. The molecule has 456 valence electrons. The number of Topliss-reactive ketones (excluding diaryl/α,β-unsaturated/α-hetero) is 2. The molecule has 3 aromatic rings. The summed E-state index contributed by atoms with van der Waals surface area (Å²) in [6.07, 6.45) is -0.576. The maximum Gasteiger partial charge on any atom is 0.404 e. The highest BCUT2D eigenvalue weighted by Gasteiger charge is 2.72. The summed E-state index contributed by atoms with van der Waals surface area (Å²) < 4.78 is 11.2. The van der Waals surface area contributed by atoms with E-state index in [4.69, 9.17) is 37.2 Å². The number of hydrogen-bond donors (Lipinski definition) is 16. The highest BCUT2D eigenvalue weighted by molar-refractivity contribution is 8.76. The van der Waals surface area contributed by atoms with Crippen LogP contribution >= 0.6 is 21.6 Å². The van der Waals surface area contributed by atoms with Crippen molar-refractivity contribution in [2.24, 2.45) is 17.4 Å². The summed E-state index contributed by atoms with van der Waals surface area (Å²) in [5, 5.41) is 50.7. The molecule has 6 amide bonds. The van der Waals surface area contributed by atoms with E-state index in [1.807, 2.05) is 0 Å². The van der Waals surface area contributed by atoms with Gasteiger partial charge in [0.2, 0.25) is 41.1 Å². The van der Waals surface area contributed by atoms with Crippen molar-refractivity contribution in [2.75, 3.05) is 62.5 Å². The summed E-state index contributed by atoms with van der Waals surface area (Å²) in [6.45, 7) is 2.41. The van der Waals surface area contributed by atoms with E-state index in [1.165, 1.54) is 50.1 Å². The lowest BCUT2D eigenvalue weighted by molar-refractivity contribution is -0.140. The number of piperazine rings is 1. The van der Waals surface area contributed by atoms with Crippen molar-refractivity contribution in [2.45, 2.75) is 88.1 Å². The zero-order valence-electron chi connectivity index (χ0n) is 46.0. The fraction of sp³-hybridized carbons (Fsp3) is 0.460. The molecule has 2 unspecified atom stereocenters. The lowest BCUT2D eigenvalue weighted by Gasteiger charge is -2.39. The molecule has 35 heteroatoms. The average Bonchev–Trinajstić information content (AvgIpc) is 1.51. The van der Waals surface area contributed by atoms with E-state index in [0.29, 0.717) is 17.9 Å². The number of carbonyl (C=O) groups excluding carboxylic acids is 8. The van der Waals surface area contributed by atoms with Crippen LogP contribution in [0.15, 0.2) is 57.8 Å². The standard InChI is InChI=1S/C50H64N18O15S2/c1-21-34(38(73)33-26(19-83-49(54)81)50(82-3)39-29(63-39)18-68(50)36(33)37(21)72)55-13-14-84-85-20-30(44(77)60-22(2)41(74)59-17-32(70)71)65-43(76)27(5-4-12-56-47(51)52)62-31(69)11-10-28(46(79)80)64-42(75)23-6-8-24(9-7-23)57-15-25-16-58-40-35(61-25)45(78)67-48(53)66-40/h6-9,16,22,26-30,39,55,57,63H,4-5,10-15,17-20H2,1-3H3,(H2,54,81)(H,59,74)(H,60,77)(H,62,69)(H,64,75)(H,65,76)(H,70,71)(H,79,80)(H4,51,52,56)(H3,53,58,66,67,78)/t22-,26+,27-,28-,29?,30-,39?,50+/m0/s1. The van der Waals surface area contributed by atoms with Gasteiger partial charge in [-0.3, -0.25) is 53.5 Å². The van der Waals surface area contributed by atoms with Crippen molar-refractivity contribution in [3.8, 4) is 0 Å². The minimum atomic E-state index is -1.58. The Hall–Kier alpha value is -9.09. The maximum absolute atomic E-state index is 14.3. The monoisotopic (exact) mass is 1220 g/mol. The summed E-state index contributed by atoms with van der Waals surface area (Å²) in [5.41, 5.74) is 16.1. The van der Waals surface area contributed by atoms with Gasteiger partial charge in [-0.25, -0.2) is 19.6 Å². The number of amides is 6. The maximum atomic E-state index is 14.3. The first-order valence-electron chi connectivity index (χ1n) is 26.3. The number of nitrogens with zero attached hydrogens (tertiary/aromatic N) is 4. The Morgan fingerprint density at radius 3 is 2.31 bits per heavy atom. The molecule has 0 spiro atoms. The largest absolute Gasteiger partial charge is 0.480 e. The molecule has 19 N–H and O–H groups in total. The second-order valence-corrected chi connectivity index (χ2v) is 22.4. The van der Waals surface area contributed by atoms with Crippen molar-refractivity contribution in [1.82, 2.24) is 67.4 Å². The van der Waals surface area contributed by atoms with Crippen LogP contribution in [0.25, 0.3) is 11.2 Å². The number of aliphatic carboxylic acids is 2. The van der Waals surface area contributed by atoms with Crippen LogP contribution in [0.4, 0.5) is 16.4 Å². The number of nitrogens with two attached hydrogens (primary N) is 3. The van der Waals surface area contributed by atoms with Crippen LogP contribution in [0.3, 0.4) is 0 Å². The van der Waals surface area contributed by atoms with Crippen LogP contribution in [-0.4, -0.2) is 194 Å². The van der Waals surface area contributed by atoms with Crippen LogP contribution in [0, 0.1) is 11.3 Å². The number of methoxy groups -OCH3 is 1. The molecule has 0 bridgehead atoms. The highest BCUT2D eigenvalue weighted by atomic mass is 33.1. The molecule has 85 heavy (non-hydrogen) atoms. The third-order valence-electron chi connectivity index (χ3n) is 14.0. The first-order chi connectivity index (χ1) is 40.4. The molecule has 3 aliphatic heterocycles. The number of allylic oxidation sites excluding steroid dienone is 2. The zero-order valence-corrected chi connectivity index (χ0v) is 47.6. The SMILES string of the molecule is CO[C@]12C3NC3CN1C1=C(C(=O)C(NCCSSC[C@H](NC(=O)[C@H](CCCNC(=N)N)NC(=O)CC[C@H](NC(=O)c3ccc(NCc4cnc5nc(N)[nH]c(=O)c5n4)cc3)C(=O)O)C(=O)N[C@@H](C)C(=O)NCC(=O)O)=C(C)C1=O)[C@H]2COC(N)=O. The minimum absolute atomic E-state index is 0.00671. The second kappa shape index (κ2) is 28.0. The molecule has 5 heterocycles. The van der Waals surface area contributed by atoms with Gasteiger partial charge in [-0.2, -0.15) is 4.98 Å². The van der Waals surface area contributed by atoms with E-state index in [9.17, 15) is 57.8 Å². The van der Waals surface area contributed by atoms with Crippen LogP contribution < -0.4 is 70.6 Å². The summed E-state index contributed by atoms with van der Waals surface area (Å²) in [5.74, 6) is -9.20. The Morgan fingerprint density at radius 1 is 0.894 bits per heavy atom. The Kier molecular flexibility index (Phi) is 20.9. The Balaban J connectivity index is 0.953. The molecule has 1 aliphatic carbocycles. The van der Waals surface area contributed by atoms with Gasteiger partial charge in [-0.1, -0.05) is 21.6 Å². The molecule has 4 aliphatic rings. The number of rotatable bonds is 31. The lowest BCUT2D eigenvalue weighted by atomic mass is 9.82.